The van der Waals surface area contributed by atoms with Crippen LogP contribution in [0.15, 0.2) is 18.2 Å². The zero-order valence-corrected chi connectivity index (χ0v) is 16.4. The SMILES string of the molecule is CCCCCCCOC(=O)Oc1cccc(CCCC)c1CCCC. The van der Waals surface area contributed by atoms with Crippen LogP contribution in [0.4, 0.5) is 4.79 Å². The van der Waals surface area contributed by atoms with E-state index in [-0.39, 0.29) is 0 Å². The smallest absolute Gasteiger partial charge is 0.434 e. The first-order valence-corrected chi connectivity index (χ1v) is 10.2. The van der Waals surface area contributed by atoms with Crippen LogP contribution in [0.1, 0.15) is 89.7 Å². The minimum atomic E-state index is -0.569. The maximum atomic E-state index is 12.0. The molecule has 0 saturated heterocycles. The lowest BCUT2D eigenvalue weighted by Gasteiger charge is -2.14. The normalized spacial score (nSPS) is 10.7. The number of benzene rings is 1. The molecule has 0 N–H and O–H groups in total. The summed E-state index contributed by atoms with van der Waals surface area (Å²) in [6.45, 7) is 7.02. The Bertz CT molecular complexity index is 482. The Balaban J connectivity index is 2.58. The van der Waals surface area contributed by atoms with Crippen molar-refractivity contribution in [1.82, 2.24) is 0 Å². The van der Waals surface area contributed by atoms with Crippen LogP contribution in [-0.2, 0) is 17.6 Å². The summed E-state index contributed by atoms with van der Waals surface area (Å²) in [5.74, 6) is 0.679. The monoisotopic (exact) mass is 348 g/mol. The fraction of sp³-hybridized carbons (Fsp3) is 0.682. The van der Waals surface area contributed by atoms with Crippen molar-refractivity contribution in [3.63, 3.8) is 0 Å². The number of ether oxygens (including phenoxy) is 2. The molecule has 25 heavy (non-hydrogen) atoms. The quantitative estimate of drug-likeness (QED) is 0.222. The van der Waals surface area contributed by atoms with Crippen LogP contribution in [0.25, 0.3) is 0 Å². The molecular formula is C22H36O3. The van der Waals surface area contributed by atoms with E-state index >= 15 is 0 Å². The van der Waals surface area contributed by atoms with Gasteiger partial charge in [0.15, 0.2) is 0 Å². The minimum Gasteiger partial charge on any atom is -0.434 e. The van der Waals surface area contributed by atoms with Crippen molar-refractivity contribution in [3.8, 4) is 5.75 Å². The van der Waals surface area contributed by atoms with E-state index in [1.165, 1.54) is 36.8 Å². The van der Waals surface area contributed by atoms with E-state index in [2.05, 4.69) is 26.8 Å². The first-order chi connectivity index (χ1) is 12.2. The van der Waals surface area contributed by atoms with Crippen LogP contribution >= 0.6 is 0 Å². The van der Waals surface area contributed by atoms with E-state index in [0.717, 1.165) is 44.9 Å². The first kappa shape index (κ1) is 21.5. The molecule has 3 nitrogen and oxygen atoms in total. The summed E-state index contributed by atoms with van der Waals surface area (Å²) in [7, 11) is 0. The maximum Gasteiger partial charge on any atom is 0.513 e. The molecule has 0 amide bonds. The third-order valence-electron chi connectivity index (χ3n) is 4.47. The van der Waals surface area contributed by atoms with Gasteiger partial charge in [0.05, 0.1) is 6.61 Å². The Morgan fingerprint density at radius 3 is 2.24 bits per heavy atom. The zero-order valence-electron chi connectivity index (χ0n) is 16.4. The van der Waals surface area contributed by atoms with E-state index in [4.69, 9.17) is 9.47 Å². The third kappa shape index (κ3) is 8.94. The van der Waals surface area contributed by atoms with Gasteiger partial charge in [-0.05, 0) is 49.3 Å². The fourth-order valence-corrected chi connectivity index (χ4v) is 2.93. The molecule has 142 valence electrons. The Kier molecular flexibility index (Phi) is 11.8. The minimum absolute atomic E-state index is 0.447. The number of aryl methyl sites for hydroxylation is 1. The second-order valence-corrected chi connectivity index (χ2v) is 6.72. The Morgan fingerprint density at radius 1 is 0.840 bits per heavy atom. The average molecular weight is 349 g/mol. The highest BCUT2D eigenvalue weighted by molar-refractivity contribution is 5.65. The van der Waals surface area contributed by atoms with Crippen molar-refractivity contribution in [1.29, 1.82) is 0 Å². The van der Waals surface area contributed by atoms with Gasteiger partial charge in [-0.1, -0.05) is 71.4 Å². The zero-order chi connectivity index (χ0) is 18.3. The number of carbonyl (C=O) groups is 1. The number of hydrogen-bond acceptors (Lipinski definition) is 3. The molecule has 0 unspecified atom stereocenters. The second kappa shape index (κ2) is 13.7. The van der Waals surface area contributed by atoms with Gasteiger partial charge in [0.25, 0.3) is 0 Å². The Morgan fingerprint density at radius 2 is 1.52 bits per heavy atom. The van der Waals surface area contributed by atoms with E-state index < -0.39 is 6.16 Å². The van der Waals surface area contributed by atoms with Gasteiger partial charge < -0.3 is 9.47 Å². The lowest BCUT2D eigenvalue weighted by molar-refractivity contribution is 0.0969. The summed E-state index contributed by atoms with van der Waals surface area (Å²) in [4.78, 5) is 12.0. The molecule has 0 heterocycles. The molecule has 1 aromatic carbocycles. The van der Waals surface area contributed by atoms with E-state index in [0.29, 0.717) is 12.4 Å². The van der Waals surface area contributed by atoms with Crippen molar-refractivity contribution in [2.24, 2.45) is 0 Å². The van der Waals surface area contributed by atoms with E-state index in [1.807, 2.05) is 12.1 Å². The molecule has 1 rings (SSSR count). The van der Waals surface area contributed by atoms with Crippen LogP contribution in [0.5, 0.6) is 5.75 Å². The van der Waals surface area contributed by atoms with Gasteiger partial charge in [-0.2, -0.15) is 0 Å². The second-order valence-electron chi connectivity index (χ2n) is 6.72. The lowest BCUT2D eigenvalue weighted by Crippen LogP contribution is -2.13. The van der Waals surface area contributed by atoms with Crippen LogP contribution < -0.4 is 4.74 Å². The Labute approximate surface area is 154 Å². The molecule has 0 aromatic heterocycles. The van der Waals surface area contributed by atoms with Gasteiger partial charge in [0.2, 0.25) is 0 Å². The van der Waals surface area contributed by atoms with E-state index in [1.54, 1.807) is 0 Å². The molecular weight excluding hydrogens is 312 g/mol. The molecule has 0 atom stereocenters. The number of hydrogen-bond donors (Lipinski definition) is 0. The van der Waals surface area contributed by atoms with Gasteiger partial charge in [-0.25, -0.2) is 4.79 Å². The van der Waals surface area contributed by atoms with Crippen molar-refractivity contribution in [2.75, 3.05) is 6.61 Å². The topological polar surface area (TPSA) is 35.5 Å². The number of unbranched alkanes of at least 4 members (excludes halogenated alkanes) is 6. The molecule has 0 radical (unpaired) electrons. The van der Waals surface area contributed by atoms with E-state index in [9.17, 15) is 4.79 Å². The van der Waals surface area contributed by atoms with Crippen molar-refractivity contribution in [3.05, 3.63) is 29.3 Å². The predicted octanol–water partition coefficient (Wildman–Crippen LogP) is 6.86. The van der Waals surface area contributed by atoms with Crippen molar-refractivity contribution < 1.29 is 14.3 Å². The third-order valence-corrected chi connectivity index (χ3v) is 4.47. The Hall–Kier alpha value is -1.51. The molecule has 0 aliphatic carbocycles. The molecule has 0 spiro atoms. The summed E-state index contributed by atoms with van der Waals surface area (Å²) >= 11 is 0. The van der Waals surface area contributed by atoms with Crippen LogP contribution in [0.2, 0.25) is 0 Å². The molecule has 1 aromatic rings. The number of rotatable bonds is 13. The highest BCUT2D eigenvalue weighted by Gasteiger charge is 2.13. The standard InChI is InChI=1S/C22H36O3/c1-4-7-10-11-12-18-24-22(23)25-21-17-13-15-19(14-8-5-2)20(21)16-9-6-3/h13,15,17H,4-12,14,16,18H2,1-3H3. The summed E-state index contributed by atoms with van der Waals surface area (Å²) in [5.41, 5.74) is 2.48. The van der Waals surface area contributed by atoms with Gasteiger partial charge in [-0.3, -0.25) is 0 Å². The van der Waals surface area contributed by atoms with Gasteiger partial charge in [-0.15, -0.1) is 0 Å². The van der Waals surface area contributed by atoms with Gasteiger partial charge >= 0.3 is 6.16 Å². The summed E-state index contributed by atoms with van der Waals surface area (Å²) in [5, 5.41) is 0. The van der Waals surface area contributed by atoms with Crippen LogP contribution in [-0.4, -0.2) is 12.8 Å². The highest BCUT2D eigenvalue weighted by Crippen LogP contribution is 2.26. The maximum absolute atomic E-state index is 12.0. The summed E-state index contributed by atoms with van der Waals surface area (Å²) in [6, 6.07) is 6.03. The highest BCUT2D eigenvalue weighted by atomic mass is 16.7. The molecule has 0 aliphatic heterocycles. The largest absolute Gasteiger partial charge is 0.513 e. The fourth-order valence-electron chi connectivity index (χ4n) is 2.93. The summed E-state index contributed by atoms with van der Waals surface area (Å²) in [6.07, 6.45) is 11.7. The van der Waals surface area contributed by atoms with Crippen LogP contribution in [0.3, 0.4) is 0 Å². The van der Waals surface area contributed by atoms with Crippen molar-refractivity contribution in [2.45, 2.75) is 91.4 Å². The van der Waals surface area contributed by atoms with Gasteiger partial charge in [0.1, 0.15) is 5.75 Å². The molecule has 0 aliphatic rings. The van der Waals surface area contributed by atoms with Crippen LogP contribution in [0, 0.1) is 0 Å². The molecule has 3 heteroatoms. The average Bonchev–Trinajstić information content (AvgIpc) is 2.62. The number of carbonyl (C=O) groups excluding carboxylic acids is 1. The predicted molar refractivity (Wildman–Crippen MR) is 104 cm³/mol. The molecule has 0 bridgehead atoms. The van der Waals surface area contributed by atoms with Crippen molar-refractivity contribution >= 4 is 6.16 Å². The van der Waals surface area contributed by atoms with Gasteiger partial charge in [0, 0.05) is 0 Å². The molecule has 0 fully saturated rings. The molecule has 0 saturated carbocycles. The first-order valence-electron chi connectivity index (χ1n) is 10.2. The summed E-state index contributed by atoms with van der Waals surface area (Å²) < 4.78 is 10.8. The lowest BCUT2D eigenvalue weighted by atomic mass is 9.97.